The Morgan fingerprint density at radius 2 is 1.48 bits per heavy atom. The first-order valence-corrected chi connectivity index (χ1v) is 12.1. The molecule has 6 heteroatoms. The van der Waals surface area contributed by atoms with Gasteiger partial charge in [0.25, 0.3) is 5.91 Å². The van der Waals surface area contributed by atoms with Gasteiger partial charge in [0.2, 0.25) is 2.14 Å². The standard InChI is InChI=1S/C23H28Br3NO2/c1-15(2)19-12-18(13-20(16(3)4)21(19)28)10-11-27(22(29)23(24,25)26)14-17-8-6-5-7-9-17/h5-9,12-13,15-16,28H,10-11,14H2,1-4H3. The molecule has 3 nitrogen and oxygen atoms in total. The Bertz CT molecular complexity index is 801. The number of hydrogen-bond acceptors (Lipinski definition) is 2. The van der Waals surface area contributed by atoms with Gasteiger partial charge >= 0.3 is 0 Å². The molecule has 29 heavy (non-hydrogen) atoms. The normalized spacial score (nSPS) is 11.9. The summed E-state index contributed by atoms with van der Waals surface area (Å²) in [5, 5.41) is 10.6. The van der Waals surface area contributed by atoms with Crippen LogP contribution in [0.4, 0.5) is 0 Å². The van der Waals surface area contributed by atoms with Gasteiger partial charge in [-0.3, -0.25) is 4.79 Å². The van der Waals surface area contributed by atoms with E-state index in [0.29, 0.717) is 25.3 Å². The summed E-state index contributed by atoms with van der Waals surface area (Å²) in [4.78, 5) is 14.8. The van der Waals surface area contributed by atoms with Crippen molar-refractivity contribution < 1.29 is 9.90 Å². The minimum Gasteiger partial charge on any atom is -0.507 e. The van der Waals surface area contributed by atoms with Gasteiger partial charge in [-0.25, -0.2) is 0 Å². The molecule has 0 spiro atoms. The molecular weight excluding hydrogens is 562 g/mol. The molecule has 2 aromatic rings. The van der Waals surface area contributed by atoms with Gasteiger partial charge in [-0.05, 0) is 88.3 Å². The van der Waals surface area contributed by atoms with Crippen LogP contribution in [0, 0.1) is 0 Å². The van der Waals surface area contributed by atoms with Gasteiger partial charge in [0, 0.05) is 13.1 Å². The molecule has 158 valence electrons. The molecule has 2 aromatic carbocycles. The van der Waals surface area contributed by atoms with Crippen LogP contribution in [0.1, 0.15) is 61.8 Å². The molecule has 0 radical (unpaired) electrons. The molecule has 1 amide bonds. The van der Waals surface area contributed by atoms with E-state index < -0.39 is 2.14 Å². The second-order valence-corrected chi connectivity index (χ2v) is 14.7. The van der Waals surface area contributed by atoms with Gasteiger partial charge in [0.15, 0.2) is 0 Å². The first-order valence-electron chi connectivity index (χ1n) is 9.76. The zero-order chi connectivity index (χ0) is 21.8. The van der Waals surface area contributed by atoms with E-state index in [1.807, 2.05) is 35.2 Å². The van der Waals surface area contributed by atoms with Crippen LogP contribution >= 0.6 is 47.8 Å². The summed E-state index contributed by atoms with van der Waals surface area (Å²) in [5.74, 6) is 0.772. The van der Waals surface area contributed by atoms with Crippen molar-refractivity contribution in [3.63, 3.8) is 0 Å². The van der Waals surface area contributed by atoms with Crippen molar-refractivity contribution in [2.24, 2.45) is 0 Å². The largest absolute Gasteiger partial charge is 0.507 e. The number of nitrogens with zero attached hydrogens (tertiary/aromatic N) is 1. The maximum absolute atomic E-state index is 12.9. The number of phenols is 1. The maximum Gasteiger partial charge on any atom is 0.261 e. The monoisotopic (exact) mass is 587 g/mol. The molecule has 0 saturated carbocycles. The summed E-state index contributed by atoms with van der Waals surface area (Å²) in [7, 11) is 0. The van der Waals surface area contributed by atoms with Crippen molar-refractivity contribution >= 4 is 53.7 Å². The zero-order valence-electron chi connectivity index (χ0n) is 17.3. The molecule has 0 fully saturated rings. The fraction of sp³-hybridized carbons (Fsp3) is 0.435. The minimum absolute atomic E-state index is 0.0895. The van der Waals surface area contributed by atoms with Crippen LogP contribution in [-0.2, 0) is 17.8 Å². The molecule has 0 heterocycles. The van der Waals surface area contributed by atoms with E-state index >= 15 is 0 Å². The number of benzene rings is 2. The zero-order valence-corrected chi connectivity index (χ0v) is 22.0. The number of carbonyl (C=O) groups is 1. The highest BCUT2D eigenvalue weighted by molar-refractivity contribution is 9.40. The second kappa shape index (κ2) is 10.5. The molecule has 0 aliphatic carbocycles. The van der Waals surface area contributed by atoms with Crippen molar-refractivity contribution in [1.29, 1.82) is 0 Å². The average molecular weight is 590 g/mol. The fourth-order valence-electron chi connectivity index (χ4n) is 3.27. The number of amides is 1. The Hall–Kier alpha value is -0.850. The molecular formula is C23H28Br3NO2. The number of carbonyl (C=O) groups excluding carboxylic acids is 1. The van der Waals surface area contributed by atoms with Crippen molar-refractivity contribution in [2.75, 3.05) is 6.54 Å². The van der Waals surface area contributed by atoms with E-state index in [1.165, 1.54) is 0 Å². The van der Waals surface area contributed by atoms with Gasteiger partial charge in [-0.1, -0.05) is 70.2 Å². The van der Waals surface area contributed by atoms with Crippen molar-refractivity contribution in [3.05, 3.63) is 64.7 Å². The number of hydrogen-bond donors (Lipinski definition) is 1. The second-order valence-electron chi connectivity index (χ2n) is 7.89. The first kappa shape index (κ1) is 24.4. The third-order valence-electron chi connectivity index (χ3n) is 4.89. The Morgan fingerprint density at radius 3 is 1.93 bits per heavy atom. The molecule has 0 aromatic heterocycles. The summed E-state index contributed by atoms with van der Waals surface area (Å²) in [5.41, 5.74) is 4.13. The Labute approximate surface area is 199 Å². The number of rotatable bonds is 7. The SMILES string of the molecule is CC(C)c1cc(CCN(Cc2ccccc2)C(=O)C(Br)(Br)Br)cc(C(C)C)c1O. The molecule has 0 unspecified atom stereocenters. The molecule has 0 bridgehead atoms. The van der Waals surface area contributed by atoms with E-state index in [9.17, 15) is 9.90 Å². The van der Waals surface area contributed by atoms with Crippen molar-refractivity contribution in [3.8, 4) is 5.75 Å². The van der Waals surface area contributed by atoms with E-state index in [2.05, 4.69) is 87.6 Å². The summed E-state index contributed by atoms with van der Waals surface area (Å²) in [6, 6.07) is 14.1. The third kappa shape index (κ3) is 6.83. The Balaban J connectivity index is 2.29. The van der Waals surface area contributed by atoms with Crippen LogP contribution in [0.25, 0.3) is 0 Å². The van der Waals surface area contributed by atoms with Crippen LogP contribution in [0.3, 0.4) is 0 Å². The minimum atomic E-state index is -0.983. The van der Waals surface area contributed by atoms with E-state index in [-0.39, 0.29) is 17.7 Å². The predicted octanol–water partition coefficient (Wildman–Crippen LogP) is 7.05. The summed E-state index contributed by atoms with van der Waals surface area (Å²) in [6.07, 6.45) is 0.710. The highest BCUT2D eigenvalue weighted by Crippen LogP contribution is 2.37. The molecule has 0 saturated heterocycles. The molecule has 0 atom stereocenters. The lowest BCUT2D eigenvalue weighted by molar-refractivity contribution is -0.129. The van der Waals surface area contributed by atoms with Gasteiger partial charge < -0.3 is 10.0 Å². The lowest BCUT2D eigenvalue weighted by Crippen LogP contribution is -2.39. The Morgan fingerprint density at radius 1 is 0.966 bits per heavy atom. The smallest absolute Gasteiger partial charge is 0.261 e. The highest BCUT2D eigenvalue weighted by Gasteiger charge is 2.33. The number of aromatic hydroxyl groups is 1. The molecule has 1 N–H and O–H groups in total. The van der Waals surface area contributed by atoms with E-state index in [4.69, 9.17) is 0 Å². The van der Waals surface area contributed by atoms with Crippen LogP contribution in [0.5, 0.6) is 5.75 Å². The van der Waals surface area contributed by atoms with E-state index in [0.717, 1.165) is 22.3 Å². The van der Waals surface area contributed by atoms with Crippen LogP contribution in [-0.4, -0.2) is 24.6 Å². The predicted molar refractivity (Wildman–Crippen MR) is 131 cm³/mol. The summed E-state index contributed by atoms with van der Waals surface area (Å²) < 4.78 is -0.983. The van der Waals surface area contributed by atoms with Gasteiger partial charge in [-0.15, -0.1) is 0 Å². The topological polar surface area (TPSA) is 40.5 Å². The summed E-state index contributed by atoms with van der Waals surface area (Å²) >= 11 is 10.1. The molecule has 0 aliphatic heterocycles. The average Bonchev–Trinajstić information content (AvgIpc) is 2.64. The maximum atomic E-state index is 12.9. The quantitative estimate of drug-likeness (QED) is 0.352. The van der Waals surface area contributed by atoms with Gasteiger partial charge in [-0.2, -0.15) is 0 Å². The number of halogens is 3. The molecule has 2 rings (SSSR count). The number of alkyl halides is 3. The van der Waals surface area contributed by atoms with Crippen LogP contribution < -0.4 is 0 Å². The first-order chi connectivity index (χ1) is 13.5. The highest BCUT2D eigenvalue weighted by atomic mass is 80.0. The van der Waals surface area contributed by atoms with Crippen LogP contribution in [0.15, 0.2) is 42.5 Å². The third-order valence-corrected chi connectivity index (χ3v) is 5.91. The number of phenolic OH excluding ortho intramolecular Hbond substituents is 1. The Kier molecular flexibility index (Phi) is 8.80. The van der Waals surface area contributed by atoms with Crippen molar-refractivity contribution in [1.82, 2.24) is 4.90 Å². The lowest BCUT2D eigenvalue weighted by Gasteiger charge is -2.27. The van der Waals surface area contributed by atoms with Crippen LogP contribution in [0.2, 0.25) is 0 Å². The van der Waals surface area contributed by atoms with Gasteiger partial charge in [0.05, 0.1) is 0 Å². The van der Waals surface area contributed by atoms with E-state index in [1.54, 1.807) is 0 Å². The lowest BCUT2D eigenvalue weighted by atomic mass is 9.90. The van der Waals surface area contributed by atoms with Gasteiger partial charge in [0.1, 0.15) is 5.75 Å². The van der Waals surface area contributed by atoms with Crippen molar-refractivity contribution in [2.45, 2.75) is 54.6 Å². The molecule has 0 aliphatic rings. The summed E-state index contributed by atoms with van der Waals surface area (Å²) in [6.45, 7) is 9.44. The fourth-order valence-corrected chi connectivity index (χ4v) is 4.02.